The van der Waals surface area contributed by atoms with E-state index in [-0.39, 0.29) is 37.2 Å². The lowest BCUT2D eigenvalue weighted by Crippen LogP contribution is -2.66. The second-order valence-electron chi connectivity index (χ2n) is 6.46. The zero-order chi connectivity index (χ0) is 17.9. The Hall–Kier alpha value is -2.10. The van der Waals surface area contributed by atoms with Crippen LogP contribution in [0.2, 0.25) is 5.02 Å². The van der Waals surface area contributed by atoms with Crippen molar-refractivity contribution in [3.05, 3.63) is 34.9 Å². The molecule has 2 amide bonds. The Morgan fingerprint density at radius 1 is 1.38 bits per heavy atom. The number of benzene rings is 1. The largest absolute Gasteiger partial charge is 0.385 e. The molecule has 1 fully saturated rings. The van der Waals surface area contributed by atoms with Crippen LogP contribution in [0, 0.1) is 17.2 Å². The molecule has 0 radical (unpaired) electrons. The van der Waals surface area contributed by atoms with Crippen LogP contribution < -0.4 is 5.32 Å². The SMILES string of the molecule is CC(C)[C@H](NC(=O)c1ccc(Cl)cc1)C(=O)N1CC(O)(CC#N)C1. The van der Waals surface area contributed by atoms with E-state index in [1.165, 1.54) is 4.90 Å². The summed E-state index contributed by atoms with van der Waals surface area (Å²) in [5.41, 5.74) is -0.714. The van der Waals surface area contributed by atoms with Gasteiger partial charge in [-0.25, -0.2) is 0 Å². The molecule has 0 aromatic heterocycles. The Labute approximate surface area is 146 Å². The minimum absolute atomic E-state index is 0.0136. The normalized spacial score (nSPS) is 16.9. The number of likely N-dealkylation sites (tertiary alicyclic amines) is 1. The first-order chi connectivity index (χ1) is 11.3. The van der Waals surface area contributed by atoms with Gasteiger partial charge in [0.2, 0.25) is 5.91 Å². The minimum Gasteiger partial charge on any atom is -0.385 e. The molecule has 0 unspecified atom stereocenters. The maximum atomic E-state index is 12.6. The van der Waals surface area contributed by atoms with Gasteiger partial charge in [-0.15, -0.1) is 0 Å². The lowest BCUT2D eigenvalue weighted by atomic mass is 9.89. The molecule has 0 spiro atoms. The van der Waals surface area contributed by atoms with Crippen molar-refractivity contribution in [2.75, 3.05) is 13.1 Å². The molecule has 1 aliphatic heterocycles. The molecule has 128 valence electrons. The molecule has 1 aliphatic rings. The number of hydrogen-bond donors (Lipinski definition) is 2. The van der Waals surface area contributed by atoms with Crippen LogP contribution in [0.15, 0.2) is 24.3 Å². The summed E-state index contributed by atoms with van der Waals surface area (Å²) in [4.78, 5) is 26.4. The quantitative estimate of drug-likeness (QED) is 0.844. The summed E-state index contributed by atoms with van der Waals surface area (Å²) in [6, 6.07) is 7.62. The fourth-order valence-electron chi connectivity index (χ4n) is 2.62. The second-order valence-corrected chi connectivity index (χ2v) is 6.89. The lowest BCUT2D eigenvalue weighted by Gasteiger charge is -2.46. The molecule has 1 saturated heterocycles. The summed E-state index contributed by atoms with van der Waals surface area (Å²) in [5, 5.41) is 22.0. The number of rotatable bonds is 5. The first kappa shape index (κ1) is 18.2. The van der Waals surface area contributed by atoms with Crippen molar-refractivity contribution in [3.63, 3.8) is 0 Å². The highest BCUT2D eigenvalue weighted by molar-refractivity contribution is 6.30. The van der Waals surface area contributed by atoms with E-state index < -0.39 is 11.6 Å². The average molecular weight is 350 g/mol. The lowest BCUT2D eigenvalue weighted by molar-refractivity contribution is -0.157. The first-order valence-corrected chi connectivity index (χ1v) is 8.08. The zero-order valence-corrected chi connectivity index (χ0v) is 14.4. The van der Waals surface area contributed by atoms with Gasteiger partial charge >= 0.3 is 0 Å². The number of carbonyl (C=O) groups excluding carboxylic acids is 2. The van der Waals surface area contributed by atoms with Crippen LogP contribution in [-0.2, 0) is 4.79 Å². The van der Waals surface area contributed by atoms with Gasteiger partial charge < -0.3 is 15.3 Å². The molecule has 2 rings (SSSR count). The van der Waals surface area contributed by atoms with Crippen molar-refractivity contribution in [1.82, 2.24) is 10.2 Å². The van der Waals surface area contributed by atoms with Gasteiger partial charge in [0.1, 0.15) is 11.6 Å². The predicted octanol–water partition coefficient (Wildman–Crippen LogP) is 1.58. The number of nitrogens with zero attached hydrogens (tertiary/aromatic N) is 2. The maximum Gasteiger partial charge on any atom is 0.251 e. The fraction of sp³-hybridized carbons (Fsp3) is 0.471. The standard InChI is InChI=1S/C17H20ClN3O3/c1-11(2)14(16(23)21-9-17(24,10-21)7-8-19)20-15(22)12-3-5-13(18)6-4-12/h3-6,11,14,24H,7,9-10H2,1-2H3,(H,20,22)/t14-/m0/s1. The zero-order valence-electron chi connectivity index (χ0n) is 13.6. The highest BCUT2D eigenvalue weighted by Gasteiger charge is 2.45. The molecule has 6 nitrogen and oxygen atoms in total. The Balaban J connectivity index is 2.02. The van der Waals surface area contributed by atoms with E-state index in [0.29, 0.717) is 10.6 Å². The molecular weight excluding hydrogens is 330 g/mol. The molecule has 1 heterocycles. The number of amides is 2. The van der Waals surface area contributed by atoms with Crippen molar-refractivity contribution in [2.24, 2.45) is 5.92 Å². The fourth-order valence-corrected chi connectivity index (χ4v) is 2.74. The highest BCUT2D eigenvalue weighted by atomic mass is 35.5. The van der Waals surface area contributed by atoms with Gasteiger partial charge in [-0.2, -0.15) is 5.26 Å². The van der Waals surface area contributed by atoms with Gasteiger partial charge in [0.25, 0.3) is 5.91 Å². The van der Waals surface area contributed by atoms with Crippen molar-refractivity contribution in [1.29, 1.82) is 5.26 Å². The number of nitrogens with one attached hydrogen (secondary N) is 1. The smallest absolute Gasteiger partial charge is 0.251 e. The van der Waals surface area contributed by atoms with E-state index >= 15 is 0 Å². The van der Waals surface area contributed by atoms with E-state index in [1.54, 1.807) is 24.3 Å². The van der Waals surface area contributed by atoms with E-state index in [0.717, 1.165) is 0 Å². The third-order valence-corrected chi connectivity index (χ3v) is 4.27. The molecule has 0 saturated carbocycles. The van der Waals surface area contributed by atoms with Crippen LogP contribution in [-0.4, -0.2) is 46.6 Å². The Morgan fingerprint density at radius 3 is 2.46 bits per heavy atom. The van der Waals surface area contributed by atoms with Gasteiger partial charge in [-0.3, -0.25) is 9.59 Å². The number of carbonyl (C=O) groups is 2. The number of halogens is 1. The van der Waals surface area contributed by atoms with E-state index in [4.69, 9.17) is 16.9 Å². The summed E-state index contributed by atoms with van der Waals surface area (Å²) < 4.78 is 0. The number of β-amino-alcohol motifs (C(OH)–C–C–N with tert-alkyl or cyclic N) is 1. The first-order valence-electron chi connectivity index (χ1n) is 7.70. The van der Waals surface area contributed by atoms with Gasteiger partial charge in [-0.1, -0.05) is 25.4 Å². The summed E-state index contributed by atoms with van der Waals surface area (Å²) >= 11 is 5.80. The maximum absolute atomic E-state index is 12.6. The minimum atomic E-state index is -1.13. The third kappa shape index (κ3) is 4.05. The monoisotopic (exact) mass is 349 g/mol. The Kier molecular flexibility index (Phi) is 5.47. The van der Waals surface area contributed by atoms with Crippen LogP contribution in [0.5, 0.6) is 0 Å². The van der Waals surface area contributed by atoms with Gasteiger partial charge in [0.05, 0.1) is 25.6 Å². The van der Waals surface area contributed by atoms with Crippen LogP contribution >= 0.6 is 11.6 Å². The molecule has 0 bridgehead atoms. The number of nitriles is 1. The van der Waals surface area contributed by atoms with Gasteiger partial charge in [-0.05, 0) is 30.2 Å². The number of hydrogen-bond acceptors (Lipinski definition) is 4. The Morgan fingerprint density at radius 2 is 1.96 bits per heavy atom. The average Bonchev–Trinajstić information content (AvgIpc) is 2.50. The molecule has 24 heavy (non-hydrogen) atoms. The molecule has 1 atom stereocenters. The molecule has 1 aromatic carbocycles. The third-order valence-electron chi connectivity index (χ3n) is 4.02. The van der Waals surface area contributed by atoms with E-state index in [2.05, 4.69) is 5.32 Å². The van der Waals surface area contributed by atoms with Crippen molar-refractivity contribution < 1.29 is 14.7 Å². The summed E-state index contributed by atoms with van der Waals surface area (Å²) in [7, 11) is 0. The van der Waals surface area contributed by atoms with Crippen LogP contribution in [0.3, 0.4) is 0 Å². The number of aliphatic hydroxyl groups is 1. The van der Waals surface area contributed by atoms with Crippen molar-refractivity contribution in [3.8, 4) is 6.07 Å². The molecule has 7 heteroatoms. The van der Waals surface area contributed by atoms with E-state index in [9.17, 15) is 14.7 Å². The summed E-state index contributed by atoms with van der Waals surface area (Å²) in [6.45, 7) is 3.90. The van der Waals surface area contributed by atoms with Crippen LogP contribution in [0.1, 0.15) is 30.6 Å². The second kappa shape index (κ2) is 7.20. The van der Waals surface area contributed by atoms with Gasteiger partial charge in [0, 0.05) is 10.6 Å². The molecule has 2 N–H and O–H groups in total. The van der Waals surface area contributed by atoms with Gasteiger partial charge in [0.15, 0.2) is 0 Å². The summed E-state index contributed by atoms with van der Waals surface area (Å²) in [5.74, 6) is -0.722. The highest BCUT2D eigenvalue weighted by Crippen LogP contribution is 2.25. The topological polar surface area (TPSA) is 93.4 Å². The van der Waals surface area contributed by atoms with Crippen LogP contribution in [0.4, 0.5) is 0 Å². The van der Waals surface area contributed by atoms with Crippen LogP contribution in [0.25, 0.3) is 0 Å². The van der Waals surface area contributed by atoms with E-state index in [1.807, 2.05) is 19.9 Å². The predicted molar refractivity (Wildman–Crippen MR) is 89.3 cm³/mol. The molecule has 1 aromatic rings. The molecular formula is C17H20ClN3O3. The summed E-state index contributed by atoms with van der Waals surface area (Å²) in [6.07, 6.45) is -0.0136. The van der Waals surface area contributed by atoms with Crippen molar-refractivity contribution >= 4 is 23.4 Å². The Bertz CT molecular complexity index is 661. The molecule has 0 aliphatic carbocycles. The van der Waals surface area contributed by atoms with Crippen molar-refractivity contribution in [2.45, 2.75) is 31.9 Å².